The lowest BCUT2D eigenvalue weighted by Gasteiger charge is -2.21. The van der Waals surface area contributed by atoms with Gasteiger partial charge in [0.15, 0.2) is 0 Å². The van der Waals surface area contributed by atoms with E-state index in [1.165, 1.54) is 4.88 Å². The van der Waals surface area contributed by atoms with Crippen LogP contribution in [0.4, 0.5) is 5.95 Å². The number of fused-ring (bicyclic) bond motifs is 1. The zero-order valence-corrected chi connectivity index (χ0v) is 19.2. The van der Waals surface area contributed by atoms with E-state index in [0.29, 0.717) is 11.0 Å². The molecule has 0 N–H and O–H groups in total. The Bertz CT molecular complexity index is 1450. The van der Waals surface area contributed by atoms with Gasteiger partial charge in [-0.1, -0.05) is 78.3 Å². The summed E-state index contributed by atoms with van der Waals surface area (Å²) in [5.41, 5.74) is 4.88. The fourth-order valence-electron chi connectivity index (χ4n) is 4.21. The molecule has 0 bridgehead atoms. The number of halogens is 1. The summed E-state index contributed by atoms with van der Waals surface area (Å²) >= 11 is 8.07. The van der Waals surface area contributed by atoms with Gasteiger partial charge in [0.05, 0.1) is 23.0 Å². The number of thiophene rings is 1. The summed E-state index contributed by atoms with van der Waals surface area (Å²) in [6.07, 6.45) is 0.799. The lowest BCUT2D eigenvalue weighted by molar-refractivity contribution is 0.700. The zero-order chi connectivity index (χ0) is 22.2. The van der Waals surface area contributed by atoms with Gasteiger partial charge in [-0.05, 0) is 35.2 Å². The van der Waals surface area contributed by atoms with Crippen molar-refractivity contribution >= 4 is 45.5 Å². The molecule has 0 radical (unpaired) electrons. The van der Waals surface area contributed by atoms with Crippen LogP contribution in [-0.4, -0.2) is 15.7 Å². The van der Waals surface area contributed by atoms with Gasteiger partial charge in [-0.15, -0.1) is 11.3 Å². The van der Waals surface area contributed by atoms with E-state index < -0.39 is 0 Å². The summed E-state index contributed by atoms with van der Waals surface area (Å²) in [5, 5.41) is 10.7. The number of aromatic nitrogens is 2. The monoisotopic (exact) mass is 466 g/mol. The van der Waals surface area contributed by atoms with E-state index in [9.17, 15) is 0 Å². The van der Waals surface area contributed by atoms with Crippen LogP contribution in [0, 0.1) is 0 Å². The fraction of sp³-hybridized carbons (Fsp3) is 0.0741. The van der Waals surface area contributed by atoms with Crippen molar-refractivity contribution in [3.63, 3.8) is 0 Å². The number of hydrazone groups is 1. The molecule has 0 saturated carbocycles. The van der Waals surface area contributed by atoms with E-state index in [2.05, 4.69) is 41.8 Å². The molecule has 1 unspecified atom stereocenters. The predicted octanol–water partition coefficient (Wildman–Crippen LogP) is 7.37. The molecule has 0 aliphatic carbocycles. The molecule has 0 amide bonds. The van der Waals surface area contributed by atoms with E-state index >= 15 is 0 Å². The quantitative estimate of drug-likeness (QED) is 0.277. The minimum absolute atomic E-state index is 0.0496. The highest BCUT2D eigenvalue weighted by atomic mass is 35.5. The Morgan fingerprint density at radius 3 is 2.30 bits per heavy atom. The second kappa shape index (κ2) is 8.43. The SMILES string of the molecule is Clc1ccc2nc(N3N=C(c4ccccc4)CC3c3cccs3)nc(-c3ccccc3)c2c1. The van der Waals surface area contributed by atoms with E-state index in [0.717, 1.165) is 39.9 Å². The third-order valence-corrected chi connectivity index (χ3v) is 7.00. The second-order valence-corrected chi connectivity index (χ2v) is 9.31. The molecule has 0 saturated heterocycles. The van der Waals surface area contributed by atoms with Crippen LogP contribution in [-0.2, 0) is 0 Å². The first kappa shape index (κ1) is 20.1. The maximum atomic E-state index is 6.34. The molecular weight excluding hydrogens is 448 g/mol. The Labute approximate surface area is 200 Å². The van der Waals surface area contributed by atoms with Gasteiger partial charge in [-0.3, -0.25) is 0 Å². The second-order valence-electron chi connectivity index (χ2n) is 7.89. The van der Waals surface area contributed by atoms with Gasteiger partial charge in [-0.2, -0.15) is 5.10 Å². The molecule has 33 heavy (non-hydrogen) atoms. The highest BCUT2D eigenvalue weighted by Crippen LogP contribution is 2.39. The van der Waals surface area contributed by atoms with Crippen molar-refractivity contribution in [1.82, 2.24) is 9.97 Å². The molecule has 6 heteroatoms. The van der Waals surface area contributed by atoms with Gasteiger partial charge < -0.3 is 0 Å². The topological polar surface area (TPSA) is 41.4 Å². The van der Waals surface area contributed by atoms with Gasteiger partial charge in [0.25, 0.3) is 0 Å². The number of hydrogen-bond donors (Lipinski definition) is 0. The van der Waals surface area contributed by atoms with Crippen LogP contribution in [0.3, 0.4) is 0 Å². The van der Waals surface area contributed by atoms with Crippen LogP contribution in [0.5, 0.6) is 0 Å². The highest BCUT2D eigenvalue weighted by molar-refractivity contribution is 7.10. The zero-order valence-electron chi connectivity index (χ0n) is 17.6. The van der Waals surface area contributed by atoms with Crippen molar-refractivity contribution < 1.29 is 0 Å². The van der Waals surface area contributed by atoms with Crippen molar-refractivity contribution in [3.8, 4) is 11.3 Å². The number of benzene rings is 3. The lowest BCUT2D eigenvalue weighted by atomic mass is 10.0. The molecule has 2 aromatic heterocycles. The van der Waals surface area contributed by atoms with Crippen LogP contribution in [0.25, 0.3) is 22.2 Å². The molecule has 0 spiro atoms. The van der Waals surface area contributed by atoms with E-state index in [1.54, 1.807) is 11.3 Å². The van der Waals surface area contributed by atoms with Crippen LogP contribution < -0.4 is 5.01 Å². The van der Waals surface area contributed by atoms with Gasteiger partial charge in [0, 0.05) is 27.3 Å². The first-order valence-electron chi connectivity index (χ1n) is 10.7. The molecule has 1 aliphatic heterocycles. The average Bonchev–Trinajstić information content (AvgIpc) is 3.55. The van der Waals surface area contributed by atoms with Gasteiger partial charge in [0.2, 0.25) is 5.95 Å². The highest BCUT2D eigenvalue weighted by Gasteiger charge is 2.32. The summed E-state index contributed by atoms with van der Waals surface area (Å²) in [5.74, 6) is 0.591. The third kappa shape index (κ3) is 3.80. The Morgan fingerprint density at radius 2 is 1.58 bits per heavy atom. The van der Waals surface area contributed by atoms with E-state index in [-0.39, 0.29) is 6.04 Å². The minimum atomic E-state index is 0.0496. The van der Waals surface area contributed by atoms with Crippen molar-refractivity contribution in [3.05, 3.63) is 112 Å². The Hall–Kier alpha value is -3.54. The van der Waals surface area contributed by atoms with Gasteiger partial charge >= 0.3 is 0 Å². The lowest BCUT2D eigenvalue weighted by Crippen LogP contribution is -2.20. The van der Waals surface area contributed by atoms with Crippen molar-refractivity contribution in [2.75, 3.05) is 5.01 Å². The van der Waals surface area contributed by atoms with Crippen LogP contribution in [0.2, 0.25) is 5.02 Å². The number of nitrogens with zero attached hydrogens (tertiary/aromatic N) is 4. The predicted molar refractivity (Wildman–Crippen MR) is 137 cm³/mol. The summed E-state index contributed by atoms with van der Waals surface area (Å²) in [7, 11) is 0. The maximum absolute atomic E-state index is 6.34. The van der Waals surface area contributed by atoms with Crippen molar-refractivity contribution in [2.45, 2.75) is 12.5 Å². The first-order valence-corrected chi connectivity index (χ1v) is 12.0. The largest absolute Gasteiger partial charge is 0.247 e. The molecule has 4 nitrogen and oxygen atoms in total. The standard InChI is InChI=1S/C27H19ClN4S/c28-20-13-14-22-21(16-20)26(19-10-5-2-6-11-19)30-27(29-22)32-24(25-12-7-15-33-25)17-23(31-32)18-8-3-1-4-9-18/h1-16,24H,17H2. The summed E-state index contributed by atoms with van der Waals surface area (Å²) in [6.45, 7) is 0. The Kier molecular flexibility index (Phi) is 5.13. The van der Waals surface area contributed by atoms with Crippen LogP contribution in [0.15, 0.2) is 101 Å². The molecule has 0 fully saturated rings. The number of rotatable bonds is 4. The molecule has 3 heterocycles. The molecule has 160 valence electrons. The Balaban J connectivity index is 1.54. The number of anilines is 1. The summed E-state index contributed by atoms with van der Waals surface area (Å²) in [4.78, 5) is 11.2. The minimum Gasteiger partial charge on any atom is -0.223 e. The van der Waals surface area contributed by atoms with Crippen molar-refractivity contribution in [2.24, 2.45) is 5.10 Å². The average molecular weight is 467 g/mol. The smallest absolute Gasteiger partial charge is 0.223 e. The van der Waals surface area contributed by atoms with E-state index in [1.807, 2.05) is 59.6 Å². The molecular formula is C27H19ClN4S. The molecule has 6 rings (SSSR count). The fourth-order valence-corrected chi connectivity index (χ4v) is 5.19. The molecule has 3 aromatic carbocycles. The molecule has 1 atom stereocenters. The van der Waals surface area contributed by atoms with Crippen LogP contribution in [0.1, 0.15) is 22.9 Å². The third-order valence-electron chi connectivity index (χ3n) is 5.79. The van der Waals surface area contributed by atoms with Gasteiger partial charge in [-0.25, -0.2) is 15.0 Å². The Morgan fingerprint density at radius 1 is 0.818 bits per heavy atom. The van der Waals surface area contributed by atoms with Gasteiger partial charge in [0.1, 0.15) is 0 Å². The maximum Gasteiger partial charge on any atom is 0.247 e. The molecule has 1 aliphatic rings. The first-order chi connectivity index (χ1) is 16.3. The van der Waals surface area contributed by atoms with Crippen LogP contribution >= 0.6 is 22.9 Å². The summed E-state index contributed by atoms with van der Waals surface area (Å²) in [6, 6.07) is 30.5. The molecule has 5 aromatic rings. The van der Waals surface area contributed by atoms with Crippen molar-refractivity contribution in [1.29, 1.82) is 0 Å². The van der Waals surface area contributed by atoms with E-state index in [4.69, 9.17) is 26.7 Å². The summed E-state index contributed by atoms with van der Waals surface area (Å²) < 4.78 is 0. The number of hydrogen-bond acceptors (Lipinski definition) is 5. The normalized spacial score (nSPS) is 15.7.